The summed E-state index contributed by atoms with van der Waals surface area (Å²) in [5.74, 6) is 1.84. The van der Waals surface area contributed by atoms with E-state index in [4.69, 9.17) is 49.1 Å². The number of furan rings is 2. The molecular formula is C52H42Cl4O2SiZr-2. The molecule has 0 radical (unpaired) electrons. The van der Waals surface area contributed by atoms with Crippen LogP contribution in [0.15, 0.2) is 167 Å². The van der Waals surface area contributed by atoms with Crippen LogP contribution in [0.3, 0.4) is 0 Å². The molecule has 8 aromatic carbocycles. The Hall–Kier alpha value is -4.12. The van der Waals surface area contributed by atoms with Crippen molar-refractivity contribution in [1.82, 2.24) is 0 Å². The second-order valence-corrected chi connectivity index (χ2v) is 38.7. The van der Waals surface area contributed by atoms with Gasteiger partial charge < -0.3 is 8.83 Å². The van der Waals surface area contributed by atoms with Gasteiger partial charge in [-0.15, -0.1) is 57.9 Å². The van der Waals surface area contributed by atoms with Crippen molar-refractivity contribution >= 4 is 88.8 Å². The first-order chi connectivity index (χ1) is 29.2. The van der Waals surface area contributed by atoms with Crippen molar-refractivity contribution < 1.29 is 26.8 Å². The van der Waals surface area contributed by atoms with Crippen LogP contribution in [0.4, 0.5) is 0 Å². The number of rotatable bonds is 6. The van der Waals surface area contributed by atoms with E-state index in [0.717, 1.165) is 78.2 Å². The van der Waals surface area contributed by atoms with E-state index in [-0.39, 0.29) is 5.43 Å². The normalized spacial score (nSPS) is 11.1. The van der Waals surface area contributed by atoms with E-state index in [1.807, 2.05) is 73.2 Å². The second-order valence-electron chi connectivity index (χ2n) is 14.9. The summed E-state index contributed by atoms with van der Waals surface area (Å²) in [6.07, 6.45) is 5.57. The Morgan fingerprint density at radius 3 is 1.28 bits per heavy atom. The van der Waals surface area contributed by atoms with Gasteiger partial charge in [-0.1, -0.05) is 156 Å². The fourth-order valence-corrected chi connectivity index (χ4v) is 8.36. The molecule has 300 valence electrons. The van der Waals surface area contributed by atoms with E-state index in [1.54, 1.807) is 0 Å². The molecule has 0 aliphatic rings. The van der Waals surface area contributed by atoms with E-state index in [2.05, 4.69) is 112 Å². The number of hydrogen-bond donors (Lipinski definition) is 0. The summed E-state index contributed by atoms with van der Waals surface area (Å²) < 4.78 is 11.9. The molecule has 8 heteroatoms. The summed E-state index contributed by atoms with van der Waals surface area (Å²) in [5, 5.41) is 10.9. The van der Waals surface area contributed by atoms with E-state index in [1.165, 1.54) is 43.8 Å². The van der Waals surface area contributed by atoms with Crippen LogP contribution in [0, 0.1) is 0 Å². The van der Waals surface area contributed by atoms with Crippen LogP contribution in [0.1, 0.15) is 25.0 Å². The molecule has 0 atom stereocenters. The van der Waals surface area contributed by atoms with E-state index in [0.29, 0.717) is 0 Å². The molecule has 0 aliphatic carbocycles. The van der Waals surface area contributed by atoms with Gasteiger partial charge in [0.1, 0.15) is 0 Å². The quantitative estimate of drug-likeness (QED) is 0.123. The molecular weight excluding hydrogens is 918 g/mol. The zero-order valence-electron chi connectivity index (χ0n) is 33.8. The van der Waals surface area contributed by atoms with Crippen molar-refractivity contribution in [2.24, 2.45) is 0 Å². The van der Waals surface area contributed by atoms with Crippen LogP contribution < -0.4 is 0 Å². The Morgan fingerprint density at radius 2 is 0.900 bits per heavy atom. The topological polar surface area (TPSA) is 26.3 Å². The molecule has 10 rings (SSSR count). The Bertz CT molecular complexity index is 2940. The fourth-order valence-electron chi connectivity index (χ4n) is 7.90. The fraction of sp³-hybridized carbons (Fsp3) is 0.115. The van der Waals surface area contributed by atoms with Gasteiger partial charge in [-0.05, 0) is 58.0 Å². The van der Waals surface area contributed by atoms with Gasteiger partial charge >= 0.3 is 53.5 Å². The predicted molar refractivity (Wildman–Crippen MR) is 258 cm³/mol. The zero-order chi connectivity index (χ0) is 41.9. The van der Waals surface area contributed by atoms with E-state index >= 15 is 0 Å². The van der Waals surface area contributed by atoms with E-state index < -0.39 is 18.0 Å². The molecule has 10 aromatic rings. The van der Waals surface area contributed by atoms with Crippen molar-refractivity contribution in [3.63, 3.8) is 0 Å². The minimum atomic E-state index is -1.65. The first-order valence-corrected chi connectivity index (χ1v) is 33.3. The van der Waals surface area contributed by atoms with Gasteiger partial charge in [0.15, 0.2) is 0 Å². The Balaban J connectivity index is 0.000000147. The number of hydrogen-bond acceptors (Lipinski definition) is 2. The molecule has 0 saturated heterocycles. The average Bonchev–Trinajstić information content (AvgIpc) is 4.08. The Labute approximate surface area is 376 Å². The molecule has 0 fully saturated rings. The summed E-state index contributed by atoms with van der Waals surface area (Å²) >= 11 is 11.5. The summed E-state index contributed by atoms with van der Waals surface area (Å²) in [6.45, 7) is 8.70. The minimum absolute atomic E-state index is 0.224. The second kappa shape index (κ2) is 18.9. The number of halogens is 4. The predicted octanol–water partition coefficient (Wildman–Crippen LogP) is 17.9. The summed E-state index contributed by atoms with van der Waals surface area (Å²) in [7, 11) is 11.2. The molecule has 0 bridgehead atoms. The van der Waals surface area contributed by atoms with E-state index in [9.17, 15) is 0 Å². The Kier molecular flexibility index (Phi) is 13.4. The first-order valence-electron chi connectivity index (χ1n) is 20.0. The summed E-state index contributed by atoms with van der Waals surface area (Å²) in [4.78, 5) is 0. The van der Waals surface area contributed by atoms with Gasteiger partial charge in [-0.25, -0.2) is 0 Å². The maximum absolute atomic E-state index is 6.55. The molecule has 2 nitrogen and oxygen atoms in total. The molecule has 0 unspecified atom stereocenters. The molecule has 2 heterocycles. The number of fused-ring (bicyclic) bond motifs is 4. The zero-order valence-corrected chi connectivity index (χ0v) is 40.2. The van der Waals surface area contributed by atoms with Gasteiger partial charge in [-0.3, -0.25) is 0 Å². The third-order valence-corrected chi connectivity index (χ3v) is 31.3. The molecule has 60 heavy (non-hydrogen) atoms. The number of aryl methyl sites for hydroxylation is 2. The van der Waals surface area contributed by atoms with Gasteiger partial charge in [0.05, 0.1) is 24.0 Å². The summed E-state index contributed by atoms with van der Waals surface area (Å²) in [6, 6.07) is 50.4. The molecule has 0 N–H and O–H groups in total. The van der Waals surface area contributed by atoms with Crippen LogP contribution in [-0.2, 0) is 30.8 Å². The molecule has 0 saturated carbocycles. The first kappa shape index (κ1) is 42.6. The molecule has 0 spiro atoms. The van der Waals surface area contributed by atoms with Crippen molar-refractivity contribution in [1.29, 1.82) is 0 Å². The third-order valence-electron chi connectivity index (χ3n) is 10.9. The van der Waals surface area contributed by atoms with Crippen molar-refractivity contribution in [3.8, 4) is 44.9 Å². The SMILES string of the molecule is CCc1ccc2[cH-]c(-c3occ4ccccc34)cc2c1-c1ccccc1Cl.CCc1ccc2[cH-]c(-c3occ4ccccc34)cc2c1-c1ccccc1Cl.C[Si](C)=[Zr]([Cl])[Cl]. The van der Waals surface area contributed by atoms with Crippen molar-refractivity contribution in [3.05, 3.63) is 179 Å². The van der Waals surface area contributed by atoms with Crippen molar-refractivity contribution in [2.75, 3.05) is 0 Å². The van der Waals surface area contributed by atoms with Crippen LogP contribution in [0.5, 0.6) is 0 Å². The van der Waals surface area contributed by atoms with Crippen LogP contribution in [-0.4, -0.2) is 5.43 Å². The van der Waals surface area contributed by atoms with Crippen LogP contribution in [0.25, 0.3) is 88.0 Å². The maximum atomic E-state index is 6.55. The van der Waals surface area contributed by atoms with Gasteiger partial charge in [0, 0.05) is 20.8 Å². The monoisotopic (exact) mass is 956 g/mol. The molecule has 0 aliphatic heterocycles. The van der Waals surface area contributed by atoms with Gasteiger partial charge in [0.25, 0.3) is 0 Å². The van der Waals surface area contributed by atoms with Gasteiger partial charge in [-0.2, -0.15) is 0 Å². The van der Waals surface area contributed by atoms with Crippen LogP contribution in [0.2, 0.25) is 23.1 Å². The standard InChI is InChI=1S/2C25H18ClO.C2H6Si.2ClH.Zr/c2*1-2-16-11-12-17-13-19(25-20-8-4-3-7-18(20)15-27-25)14-22(17)24(16)21-9-5-6-10-23(21)26;1-3-2;;;/h2*3-15H,2H2,1H3;1-2H3;2*1H;/q2*-1;;;;+2/p-2. The third kappa shape index (κ3) is 8.66. The van der Waals surface area contributed by atoms with Gasteiger partial charge in [0.2, 0.25) is 0 Å². The Morgan fingerprint density at radius 1 is 0.517 bits per heavy atom. The van der Waals surface area contributed by atoms with Crippen molar-refractivity contribution in [2.45, 2.75) is 39.8 Å². The van der Waals surface area contributed by atoms with Crippen LogP contribution >= 0.6 is 40.2 Å². The average molecular weight is 960 g/mol. The number of benzene rings is 6. The summed E-state index contributed by atoms with van der Waals surface area (Å²) in [5.41, 5.74) is 9.21. The molecule has 0 amide bonds. The molecule has 2 aromatic heterocycles.